The normalized spacial score (nSPS) is 14.8. The summed E-state index contributed by atoms with van der Waals surface area (Å²) in [5.41, 5.74) is 0. The van der Waals surface area contributed by atoms with Crippen molar-refractivity contribution in [2.24, 2.45) is 23.7 Å². The zero-order valence-corrected chi connectivity index (χ0v) is 62.7. The largest absolute Gasteiger partial charge is 0.472 e. The molecule has 0 fully saturated rings. The molecule has 0 aliphatic carbocycles. The molecule has 0 aromatic rings. The monoisotopic (exact) mass is 1370 g/mol. The average molecular weight is 1370 g/mol. The third-order valence-corrected chi connectivity index (χ3v) is 19.7. The Balaban J connectivity index is 5.22. The Morgan fingerprint density at radius 2 is 0.516 bits per heavy atom. The number of phosphoric acid groups is 2. The molecule has 0 aliphatic heterocycles. The van der Waals surface area contributed by atoms with Crippen LogP contribution in [0.3, 0.4) is 0 Å². The van der Waals surface area contributed by atoms with Crippen molar-refractivity contribution < 1.29 is 80.2 Å². The molecule has 0 aromatic heterocycles. The van der Waals surface area contributed by atoms with Gasteiger partial charge in [0.05, 0.1) is 26.4 Å². The number of rotatable bonds is 71. The lowest BCUT2D eigenvalue weighted by Crippen LogP contribution is -2.30. The van der Waals surface area contributed by atoms with Crippen LogP contribution in [0, 0.1) is 23.7 Å². The molecule has 93 heavy (non-hydrogen) atoms. The number of ether oxygens (including phenoxy) is 4. The van der Waals surface area contributed by atoms with E-state index < -0.39 is 97.5 Å². The molecule has 17 nitrogen and oxygen atoms in total. The van der Waals surface area contributed by atoms with E-state index in [9.17, 15) is 43.2 Å². The van der Waals surface area contributed by atoms with Crippen LogP contribution in [0.4, 0.5) is 0 Å². The summed E-state index contributed by atoms with van der Waals surface area (Å²) in [4.78, 5) is 72.6. The minimum absolute atomic E-state index is 0.101. The number of hydrogen-bond donors (Lipinski definition) is 3. The van der Waals surface area contributed by atoms with E-state index in [1.807, 2.05) is 0 Å². The van der Waals surface area contributed by atoms with Crippen LogP contribution < -0.4 is 0 Å². The molecule has 0 saturated carbocycles. The number of carbonyl (C=O) groups is 4. The minimum atomic E-state index is -4.96. The van der Waals surface area contributed by atoms with Crippen molar-refractivity contribution in [3.05, 3.63) is 0 Å². The van der Waals surface area contributed by atoms with Crippen molar-refractivity contribution in [3.63, 3.8) is 0 Å². The highest BCUT2D eigenvalue weighted by molar-refractivity contribution is 7.47. The van der Waals surface area contributed by atoms with Crippen LogP contribution in [0.25, 0.3) is 0 Å². The first kappa shape index (κ1) is 91.1. The first-order chi connectivity index (χ1) is 44.7. The van der Waals surface area contributed by atoms with Crippen LogP contribution in [0.2, 0.25) is 0 Å². The molecule has 0 heterocycles. The maximum atomic E-state index is 13.1. The maximum Gasteiger partial charge on any atom is 0.472 e. The molecule has 0 bridgehead atoms. The van der Waals surface area contributed by atoms with Crippen LogP contribution in [-0.2, 0) is 65.4 Å². The van der Waals surface area contributed by atoms with E-state index in [-0.39, 0.29) is 25.7 Å². The molecule has 4 unspecified atom stereocenters. The van der Waals surface area contributed by atoms with Crippen LogP contribution in [-0.4, -0.2) is 96.7 Å². The molecular formula is C74H144O17P2. The Bertz CT molecular complexity index is 1840. The predicted molar refractivity (Wildman–Crippen MR) is 377 cm³/mol. The van der Waals surface area contributed by atoms with E-state index in [1.54, 1.807) is 0 Å². The molecule has 19 heteroatoms. The topological polar surface area (TPSA) is 237 Å². The third kappa shape index (κ3) is 65.8. The molecule has 0 spiro atoms. The van der Waals surface area contributed by atoms with Crippen LogP contribution in [0.1, 0.15) is 370 Å². The van der Waals surface area contributed by atoms with Gasteiger partial charge in [0.25, 0.3) is 0 Å². The number of unbranched alkanes of at least 4 members (excludes halogenated alkanes) is 35. The van der Waals surface area contributed by atoms with E-state index in [0.717, 1.165) is 114 Å². The molecule has 0 radical (unpaired) electrons. The van der Waals surface area contributed by atoms with Gasteiger partial charge in [-0.05, 0) is 49.4 Å². The summed E-state index contributed by atoms with van der Waals surface area (Å²) in [6.07, 6.45) is 47.4. The SMILES string of the molecule is CCC(C)CCCCCCCCCCCCCCCCC(=O)OC[C@H](COP(=O)(O)OC[C@@H](O)COP(=O)(O)OC[C@@H](COC(=O)CCCCCCCCC(C)CC)OC(=O)CCCCCCCCC(C)C)OC(=O)CCCCCCCCCCCCCCCC(C)C. The van der Waals surface area contributed by atoms with Crippen molar-refractivity contribution in [2.45, 2.75) is 388 Å². The second kappa shape index (κ2) is 63.5. The zero-order valence-electron chi connectivity index (χ0n) is 60.9. The van der Waals surface area contributed by atoms with Gasteiger partial charge in [0.1, 0.15) is 19.3 Å². The van der Waals surface area contributed by atoms with Gasteiger partial charge in [-0.1, -0.05) is 319 Å². The zero-order chi connectivity index (χ0) is 68.9. The van der Waals surface area contributed by atoms with Gasteiger partial charge >= 0.3 is 39.5 Å². The summed E-state index contributed by atoms with van der Waals surface area (Å²) in [5, 5.41) is 10.6. The Kier molecular flexibility index (Phi) is 62.2. The Labute approximate surface area is 568 Å². The van der Waals surface area contributed by atoms with Crippen molar-refractivity contribution in [3.8, 4) is 0 Å². The minimum Gasteiger partial charge on any atom is -0.462 e. The first-order valence-corrected chi connectivity index (χ1v) is 41.3. The Morgan fingerprint density at radius 1 is 0.301 bits per heavy atom. The van der Waals surface area contributed by atoms with Gasteiger partial charge in [-0.3, -0.25) is 37.3 Å². The highest BCUT2D eigenvalue weighted by Crippen LogP contribution is 2.45. The fourth-order valence-electron chi connectivity index (χ4n) is 11.1. The summed E-state index contributed by atoms with van der Waals surface area (Å²) >= 11 is 0. The number of esters is 4. The summed E-state index contributed by atoms with van der Waals surface area (Å²) in [7, 11) is -9.91. The van der Waals surface area contributed by atoms with Crippen LogP contribution in [0.5, 0.6) is 0 Å². The second-order valence-electron chi connectivity index (χ2n) is 28.1. The molecule has 0 rings (SSSR count). The molecular weight excluding hydrogens is 1220 g/mol. The smallest absolute Gasteiger partial charge is 0.462 e. The number of aliphatic hydroxyl groups excluding tert-OH is 1. The first-order valence-electron chi connectivity index (χ1n) is 38.3. The molecule has 0 aromatic carbocycles. The van der Waals surface area contributed by atoms with Crippen molar-refractivity contribution in [2.75, 3.05) is 39.6 Å². The molecule has 7 atom stereocenters. The fourth-order valence-corrected chi connectivity index (χ4v) is 12.7. The van der Waals surface area contributed by atoms with E-state index in [1.165, 1.54) is 167 Å². The average Bonchev–Trinajstić information content (AvgIpc) is 3.12. The summed E-state index contributed by atoms with van der Waals surface area (Å²) in [6.45, 7) is 14.1. The predicted octanol–water partition coefficient (Wildman–Crippen LogP) is 21.3. The summed E-state index contributed by atoms with van der Waals surface area (Å²) < 4.78 is 68.4. The lowest BCUT2D eigenvalue weighted by Gasteiger charge is -2.21. The van der Waals surface area contributed by atoms with E-state index in [4.69, 9.17) is 37.0 Å². The lowest BCUT2D eigenvalue weighted by molar-refractivity contribution is -0.161. The van der Waals surface area contributed by atoms with Crippen molar-refractivity contribution in [1.82, 2.24) is 0 Å². The summed E-state index contributed by atoms with van der Waals surface area (Å²) in [6, 6.07) is 0. The summed E-state index contributed by atoms with van der Waals surface area (Å²) in [5.74, 6) is 0.908. The fraction of sp³-hybridized carbons (Fsp3) is 0.946. The number of aliphatic hydroxyl groups is 1. The number of hydrogen-bond acceptors (Lipinski definition) is 15. The van der Waals surface area contributed by atoms with E-state index in [0.29, 0.717) is 31.6 Å². The second-order valence-corrected chi connectivity index (χ2v) is 31.0. The van der Waals surface area contributed by atoms with Crippen LogP contribution >= 0.6 is 15.6 Å². The highest BCUT2D eigenvalue weighted by atomic mass is 31.2. The van der Waals surface area contributed by atoms with Gasteiger partial charge in [-0.25, -0.2) is 9.13 Å². The molecule has 0 amide bonds. The van der Waals surface area contributed by atoms with Gasteiger partial charge < -0.3 is 33.8 Å². The molecule has 3 N–H and O–H groups in total. The van der Waals surface area contributed by atoms with Gasteiger partial charge in [0.15, 0.2) is 12.2 Å². The number of carbonyl (C=O) groups excluding carboxylic acids is 4. The van der Waals surface area contributed by atoms with Gasteiger partial charge in [0.2, 0.25) is 0 Å². The van der Waals surface area contributed by atoms with E-state index >= 15 is 0 Å². The highest BCUT2D eigenvalue weighted by Gasteiger charge is 2.30. The van der Waals surface area contributed by atoms with E-state index in [2.05, 4.69) is 55.4 Å². The van der Waals surface area contributed by atoms with Crippen molar-refractivity contribution >= 4 is 39.5 Å². The van der Waals surface area contributed by atoms with Gasteiger partial charge in [-0.2, -0.15) is 0 Å². The lowest BCUT2D eigenvalue weighted by atomic mass is 9.99. The standard InChI is InChI=1S/C74H144O17P2/c1-9-66(7)52-44-36-27-23-19-15-11-12-16-20-24-28-38-46-54-71(76)84-60-69(90-73(78)56-48-40-29-25-21-17-13-14-18-22-26-34-42-50-64(3)4)62-88-92(80,81)86-58-68(75)59-87-93(82,83)89-63-70(91-74(79)57-49-41-32-30-35-43-51-65(5)6)61-85-72(77)55-47-39-33-31-37-45-53-67(8)10-2/h64-70,75H,9-63H2,1-8H3,(H,80,81)(H,82,83)/t66?,67?,68-,69-,70-/m1/s1. The van der Waals surface area contributed by atoms with Gasteiger partial charge in [-0.15, -0.1) is 0 Å². The molecule has 0 saturated heterocycles. The third-order valence-electron chi connectivity index (χ3n) is 17.8. The van der Waals surface area contributed by atoms with Crippen molar-refractivity contribution in [1.29, 1.82) is 0 Å². The Morgan fingerprint density at radius 3 is 0.763 bits per heavy atom. The van der Waals surface area contributed by atoms with Crippen LogP contribution in [0.15, 0.2) is 0 Å². The maximum absolute atomic E-state index is 13.1. The number of phosphoric ester groups is 2. The molecule has 0 aliphatic rings. The van der Waals surface area contributed by atoms with Gasteiger partial charge in [0, 0.05) is 25.7 Å². The Hall–Kier alpha value is -1.94. The quantitative estimate of drug-likeness (QED) is 0.0222. The molecule has 552 valence electrons.